The van der Waals surface area contributed by atoms with Crippen molar-refractivity contribution in [3.05, 3.63) is 22.3 Å². The Hall–Kier alpha value is -1.71. The number of ether oxygens (including phenoxy) is 2. The predicted molar refractivity (Wildman–Crippen MR) is 70.2 cm³/mol. The summed E-state index contributed by atoms with van der Waals surface area (Å²) >= 11 is 0. The standard InChI is InChI=1S/C15H18O4/c1-8(7-12(16)17)13-11-4-6-18-14(11)9(2)10-3-5-19-15(10)13/h8H,3-7H2,1-2H3,(H,16,17). The average Bonchev–Trinajstić information content (AvgIpc) is 2.96. The molecule has 102 valence electrons. The van der Waals surface area contributed by atoms with Gasteiger partial charge in [-0.05, 0) is 18.4 Å². The summed E-state index contributed by atoms with van der Waals surface area (Å²) in [7, 11) is 0. The van der Waals surface area contributed by atoms with Crippen LogP contribution in [0.2, 0.25) is 0 Å². The highest BCUT2D eigenvalue weighted by atomic mass is 16.5. The maximum atomic E-state index is 11.0. The van der Waals surface area contributed by atoms with Crippen molar-refractivity contribution in [2.45, 2.75) is 39.0 Å². The van der Waals surface area contributed by atoms with Gasteiger partial charge in [0, 0.05) is 29.5 Å². The van der Waals surface area contributed by atoms with E-state index in [1.807, 2.05) is 6.92 Å². The van der Waals surface area contributed by atoms with Crippen molar-refractivity contribution >= 4 is 5.97 Å². The lowest BCUT2D eigenvalue weighted by molar-refractivity contribution is -0.137. The van der Waals surface area contributed by atoms with Crippen molar-refractivity contribution in [2.75, 3.05) is 13.2 Å². The fourth-order valence-electron chi connectivity index (χ4n) is 3.26. The SMILES string of the molecule is Cc1c2c(c(C(C)CC(=O)O)c3c1OCC3)OCC2. The zero-order chi connectivity index (χ0) is 13.6. The first kappa shape index (κ1) is 12.3. The van der Waals surface area contributed by atoms with E-state index in [-0.39, 0.29) is 12.3 Å². The molecular weight excluding hydrogens is 244 g/mol. The molecule has 0 radical (unpaired) electrons. The maximum absolute atomic E-state index is 11.0. The molecule has 3 rings (SSSR count). The van der Waals surface area contributed by atoms with Crippen LogP contribution in [0.4, 0.5) is 0 Å². The van der Waals surface area contributed by atoms with Crippen molar-refractivity contribution in [1.82, 2.24) is 0 Å². The summed E-state index contributed by atoms with van der Waals surface area (Å²) in [5, 5.41) is 9.02. The molecule has 1 unspecified atom stereocenters. The number of rotatable bonds is 3. The number of fused-ring (bicyclic) bond motifs is 2. The third-order valence-electron chi connectivity index (χ3n) is 4.08. The number of carboxylic acid groups (broad SMARTS) is 1. The molecule has 0 saturated heterocycles. The van der Waals surface area contributed by atoms with Crippen LogP contribution in [0.25, 0.3) is 0 Å². The third-order valence-corrected chi connectivity index (χ3v) is 4.08. The van der Waals surface area contributed by atoms with E-state index in [9.17, 15) is 4.79 Å². The number of hydrogen-bond donors (Lipinski definition) is 1. The monoisotopic (exact) mass is 262 g/mol. The van der Waals surface area contributed by atoms with Gasteiger partial charge in [0.2, 0.25) is 0 Å². The van der Waals surface area contributed by atoms with Gasteiger partial charge >= 0.3 is 5.97 Å². The third kappa shape index (κ3) is 1.86. The molecule has 0 bridgehead atoms. The Morgan fingerprint density at radius 3 is 2.53 bits per heavy atom. The van der Waals surface area contributed by atoms with E-state index in [4.69, 9.17) is 14.6 Å². The van der Waals surface area contributed by atoms with Gasteiger partial charge in [0.15, 0.2) is 0 Å². The van der Waals surface area contributed by atoms with Crippen LogP contribution in [0.15, 0.2) is 0 Å². The van der Waals surface area contributed by atoms with Gasteiger partial charge in [0.25, 0.3) is 0 Å². The fraction of sp³-hybridized carbons (Fsp3) is 0.533. The van der Waals surface area contributed by atoms with Crippen LogP contribution in [0, 0.1) is 6.92 Å². The van der Waals surface area contributed by atoms with Gasteiger partial charge in [-0.25, -0.2) is 0 Å². The summed E-state index contributed by atoms with van der Waals surface area (Å²) in [4.78, 5) is 11.0. The smallest absolute Gasteiger partial charge is 0.303 e. The zero-order valence-corrected chi connectivity index (χ0v) is 11.3. The van der Waals surface area contributed by atoms with Crippen LogP contribution >= 0.6 is 0 Å². The number of carboxylic acids is 1. The molecule has 1 aromatic rings. The lowest BCUT2D eigenvalue weighted by Gasteiger charge is -2.19. The largest absolute Gasteiger partial charge is 0.493 e. The Morgan fingerprint density at radius 2 is 1.84 bits per heavy atom. The molecule has 0 fully saturated rings. The Morgan fingerprint density at radius 1 is 1.21 bits per heavy atom. The van der Waals surface area contributed by atoms with E-state index >= 15 is 0 Å². The van der Waals surface area contributed by atoms with Gasteiger partial charge < -0.3 is 14.6 Å². The lowest BCUT2D eigenvalue weighted by atomic mass is 9.87. The van der Waals surface area contributed by atoms with E-state index in [2.05, 4.69) is 6.92 Å². The first-order valence-corrected chi connectivity index (χ1v) is 6.75. The number of carbonyl (C=O) groups is 1. The Bertz CT molecular complexity index is 513. The minimum Gasteiger partial charge on any atom is -0.493 e. The second kappa shape index (κ2) is 4.44. The summed E-state index contributed by atoms with van der Waals surface area (Å²) in [6.07, 6.45) is 1.88. The summed E-state index contributed by atoms with van der Waals surface area (Å²) in [5.74, 6) is 1.08. The highest BCUT2D eigenvalue weighted by Gasteiger charge is 2.32. The molecule has 2 aliphatic rings. The molecule has 0 saturated carbocycles. The van der Waals surface area contributed by atoms with Crippen molar-refractivity contribution in [1.29, 1.82) is 0 Å². The van der Waals surface area contributed by atoms with E-state index in [1.54, 1.807) is 0 Å². The van der Waals surface area contributed by atoms with Gasteiger partial charge in [-0.1, -0.05) is 6.92 Å². The van der Waals surface area contributed by atoms with Crippen molar-refractivity contribution < 1.29 is 19.4 Å². The molecule has 2 aliphatic heterocycles. The van der Waals surface area contributed by atoms with Crippen LogP contribution in [0.3, 0.4) is 0 Å². The van der Waals surface area contributed by atoms with Crippen molar-refractivity contribution in [3.8, 4) is 11.5 Å². The number of hydrogen-bond acceptors (Lipinski definition) is 3. The lowest BCUT2D eigenvalue weighted by Crippen LogP contribution is -2.07. The van der Waals surface area contributed by atoms with Crippen LogP contribution in [-0.4, -0.2) is 24.3 Å². The molecule has 0 amide bonds. The Balaban J connectivity index is 2.15. The van der Waals surface area contributed by atoms with Crippen molar-refractivity contribution in [3.63, 3.8) is 0 Å². The second-order valence-corrected chi connectivity index (χ2v) is 5.35. The van der Waals surface area contributed by atoms with Crippen LogP contribution < -0.4 is 9.47 Å². The second-order valence-electron chi connectivity index (χ2n) is 5.35. The molecule has 19 heavy (non-hydrogen) atoms. The molecule has 1 atom stereocenters. The summed E-state index contributed by atoms with van der Waals surface area (Å²) in [6.45, 7) is 5.40. The molecule has 0 aromatic heterocycles. The quantitative estimate of drug-likeness (QED) is 0.909. The van der Waals surface area contributed by atoms with Gasteiger partial charge in [0.05, 0.1) is 19.6 Å². The van der Waals surface area contributed by atoms with Crippen LogP contribution in [0.5, 0.6) is 11.5 Å². The van der Waals surface area contributed by atoms with E-state index in [0.717, 1.165) is 35.5 Å². The van der Waals surface area contributed by atoms with Crippen molar-refractivity contribution in [2.24, 2.45) is 0 Å². The Kier molecular flexibility index (Phi) is 2.88. The normalized spacial score (nSPS) is 17.4. The highest BCUT2D eigenvalue weighted by molar-refractivity contribution is 5.70. The highest BCUT2D eigenvalue weighted by Crippen LogP contribution is 2.47. The number of benzene rings is 1. The summed E-state index contributed by atoms with van der Waals surface area (Å²) in [5.41, 5.74) is 4.60. The minimum atomic E-state index is -0.771. The number of aliphatic carboxylic acids is 1. The summed E-state index contributed by atoms with van der Waals surface area (Å²) in [6, 6.07) is 0. The average molecular weight is 262 g/mol. The molecular formula is C15H18O4. The maximum Gasteiger partial charge on any atom is 0.303 e. The van der Waals surface area contributed by atoms with Gasteiger partial charge in [0.1, 0.15) is 11.5 Å². The molecule has 4 heteroatoms. The summed E-state index contributed by atoms with van der Waals surface area (Å²) < 4.78 is 11.5. The molecule has 0 spiro atoms. The Labute approximate surface area is 112 Å². The van der Waals surface area contributed by atoms with Gasteiger partial charge in [-0.3, -0.25) is 4.79 Å². The van der Waals surface area contributed by atoms with E-state index in [1.165, 1.54) is 11.1 Å². The predicted octanol–water partition coefficient (Wildman–Crippen LogP) is 2.44. The van der Waals surface area contributed by atoms with E-state index < -0.39 is 5.97 Å². The topological polar surface area (TPSA) is 55.8 Å². The molecule has 1 aromatic carbocycles. The van der Waals surface area contributed by atoms with Gasteiger partial charge in [-0.15, -0.1) is 0 Å². The first-order chi connectivity index (χ1) is 9.09. The van der Waals surface area contributed by atoms with Gasteiger partial charge in [-0.2, -0.15) is 0 Å². The molecule has 2 heterocycles. The minimum absolute atomic E-state index is 0.0413. The molecule has 0 aliphatic carbocycles. The fourth-order valence-corrected chi connectivity index (χ4v) is 3.26. The molecule has 1 N–H and O–H groups in total. The first-order valence-electron chi connectivity index (χ1n) is 6.75. The van der Waals surface area contributed by atoms with Crippen LogP contribution in [0.1, 0.15) is 41.5 Å². The van der Waals surface area contributed by atoms with Crippen LogP contribution in [-0.2, 0) is 17.6 Å². The zero-order valence-electron chi connectivity index (χ0n) is 11.3. The molecule has 4 nitrogen and oxygen atoms in total. The van der Waals surface area contributed by atoms with E-state index in [0.29, 0.717) is 13.2 Å².